The minimum Gasteiger partial charge on any atom is -0.273 e. The van der Waals surface area contributed by atoms with E-state index in [4.69, 9.17) is 16.6 Å². The number of thioether (sulfide) groups is 1. The van der Waals surface area contributed by atoms with Crippen molar-refractivity contribution in [2.24, 2.45) is 4.99 Å². The molecular formula is C20H19ClN4S. The summed E-state index contributed by atoms with van der Waals surface area (Å²) in [6.45, 7) is 4.28. The second kappa shape index (κ2) is 7.25. The Morgan fingerprint density at radius 1 is 1.00 bits per heavy atom. The molecule has 132 valence electrons. The van der Waals surface area contributed by atoms with Gasteiger partial charge in [-0.1, -0.05) is 50.2 Å². The average molecular weight is 383 g/mol. The van der Waals surface area contributed by atoms with E-state index in [-0.39, 0.29) is 6.04 Å². The van der Waals surface area contributed by atoms with Crippen LogP contribution in [0.4, 0.5) is 0 Å². The summed E-state index contributed by atoms with van der Waals surface area (Å²) in [5.74, 6) is 1.81. The first-order valence-corrected chi connectivity index (χ1v) is 10.1. The number of nitrogens with zero attached hydrogens (tertiary/aromatic N) is 4. The summed E-state index contributed by atoms with van der Waals surface area (Å²) in [4.78, 5) is 6.36. The largest absolute Gasteiger partial charge is 0.273 e. The number of aromatic nitrogens is 3. The van der Waals surface area contributed by atoms with Crippen molar-refractivity contribution in [3.8, 4) is 5.69 Å². The highest BCUT2D eigenvalue weighted by molar-refractivity contribution is 7.99. The van der Waals surface area contributed by atoms with Gasteiger partial charge in [0.25, 0.3) is 0 Å². The van der Waals surface area contributed by atoms with Gasteiger partial charge in [0.1, 0.15) is 6.04 Å². The molecule has 1 aliphatic rings. The van der Waals surface area contributed by atoms with E-state index >= 15 is 0 Å². The zero-order chi connectivity index (χ0) is 18.1. The molecular weight excluding hydrogens is 364 g/mol. The molecule has 0 fully saturated rings. The first-order chi connectivity index (χ1) is 12.7. The Kier molecular flexibility index (Phi) is 4.83. The Bertz CT molecular complexity index is 979. The summed E-state index contributed by atoms with van der Waals surface area (Å²) in [5.41, 5.74) is 4.17. The maximum atomic E-state index is 6.39. The molecule has 0 aliphatic carbocycles. The fourth-order valence-electron chi connectivity index (χ4n) is 3.30. The lowest BCUT2D eigenvalue weighted by atomic mass is 10.0. The molecule has 3 aromatic rings. The van der Waals surface area contributed by atoms with Crippen molar-refractivity contribution in [3.63, 3.8) is 0 Å². The Hall–Kier alpha value is -2.11. The molecule has 0 saturated carbocycles. The van der Waals surface area contributed by atoms with E-state index in [1.54, 1.807) is 0 Å². The molecule has 0 N–H and O–H groups in total. The number of para-hydroxylation sites is 1. The average Bonchev–Trinajstić information content (AvgIpc) is 2.98. The van der Waals surface area contributed by atoms with E-state index in [2.05, 4.69) is 60.4 Å². The van der Waals surface area contributed by atoms with Crippen LogP contribution < -0.4 is 0 Å². The van der Waals surface area contributed by atoms with Crippen LogP contribution in [0, 0.1) is 0 Å². The molecule has 0 amide bonds. The zero-order valence-electron chi connectivity index (χ0n) is 14.7. The van der Waals surface area contributed by atoms with E-state index in [1.165, 1.54) is 4.90 Å². The Labute approximate surface area is 162 Å². The molecule has 0 saturated heterocycles. The predicted molar refractivity (Wildman–Crippen MR) is 108 cm³/mol. The highest BCUT2D eigenvalue weighted by atomic mass is 35.5. The summed E-state index contributed by atoms with van der Waals surface area (Å²) in [6, 6.07) is 16.6. The zero-order valence-corrected chi connectivity index (χ0v) is 16.3. The number of benzene rings is 2. The van der Waals surface area contributed by atoms with Crippen molar-refractivity contribution >= 4 is 29.1 Å². The van der Waals surface area contributed by atoms with Gasteiger partial charge < -0.3 is 0 Å². The number of rotatable bonds is 4. The molecule has 26 heavy (non-hydrogen) atoms. The molecule has 1 aromatic heterocycles. The quantitative estimate of drug-likeness (QED) is 0.572. The lowest BCUT2D eigenvalue weighted by Crippen LogP contribution is -2.08. The van der Waals surface area contributed by atoms with Crippen LogP contribution >= 0.6 is 23.4 Å². The topological polar surface area (TPSA) is 43.1 Å². The fourth-order valence-corrected chi connectivity index (χ4v) is 4.32. The lowest BCUT2D eigenvalue weighted by Gasteiger charge is -2.14. The fraction of sp³-hybridized carbons (Fsp3) is 0.250. The van der Waals surface area contributed by atoms with E-state index in [0.717, 1.165) is 40.5 Å². The van der Waals surface area contributed by atoms with Gasteiger partial charge in [-0.25, -0.2) is 0 Å². The Morgan fingerprint density at radius 3 is 2.50 bits per heavy atom. The van der Waals surface area contributed by atoms with Crippen LogP contribution in [0.2, 0.25) is 5.28 Å². The predicted octanol–water partition coefficient (Wildman–Crippen LogP) is 5.33. The molecule has 6 heteroatoms. The van der Waals surface area contributed by atoms with Gasteiger partial charge in [-0.15, -0.1) is 22.0 Å². The van der Waals surface area contributed by atoms with Crippen molar-refractivity contribution < 1.29 is 0 Å². The molecule has 0 spiro atoms. The number of hydrogen-bond acceptors (Lipinski definition) is 4. The van der Waals surface area contributed by atoms with Gasteiger partial charge in [0.15, 0.2) is 5.82 Å². The molecule has 4 nitrogen and oxygen atoms in total. The van der Waals surface area contributed by atoms with Crippen molar-refractivity contribution in [1.82, 2.24) is 14.8 Å². The van der Waals surface area contributed by atoms with Gasteiger partial charge in [0, 0.05) is 16.0 Å². The molecule has 4 rings (SSSR count). The van der Waals surface area contributed by atoms with E-state index in [9.17, 15) is 0 Å². The minimum absolute atomic E-state index is 0.0860. The van der Waals surface area contributed by atoms with Gasteiger partial charge in [0.05, 0.1) is 11.4 Å². The van der Waals surface area contributed by atoms with Crippen LogP contribution in [-0.2, 0) is 0 Å². The van der Waals surface area contributed by atoms with Gasteiger partial charge in [-0.2, -0.15) is 0 Å². The van der Waals surface area contributed by atoms with Crippen molar-refractivity contribution in [2.75, 3.05) is 5.75 Å². The van der Waals surface area contributed by atoms with Crippen molar-refractivity contribution in [2.45, 2.75) is 31.2 Å². The Morgan fingerprint density at radius 2 is 1.73 bits per heavy atom. The maximum absolute atomic E-state index is 6.39. The van der Waals surface area contributed by atoms with Crippen molar-refractivity contribution in [3.05, 3.63) is 70.8 Å². The summed E-state index contributed by atoms with van der Waals surface area (Å²) in [5, 5.41) is 8.78. The molecule has 0 bridgehead atoms. The monoisotopic (exact) mass is 382 g/mol. The van der Waals surface area contributed by atoms with Crippen LogP contribution in [0.25, 0.3) is 5.69 Å². The van der Waals surface area contributed by atoms with E-state index in [0.29, 0.717) is 5.28 Å². The second-order valence-corrected chi connectivity index (χ2v) is 7.65. The molecule has 2 heterocycles. The molecule has 1 aliphatic heterocycles. The lowest BCUT2D eigenvalue weighted by molar-refractivity contribution is 0.641. The molecule has 2 aromatic carbocycles. The van der Waals surface area contributed by atoms with Gasteiger partial charge in [-0.3, -0.25) is 9.56 Å². The minimum atomic E-state index is -0.0860. The standard InChI is InChI=1S/C20H19ClN4S/c1-3-15-19-23-24-20(21)25(19)16-11-7-5-9-13(16)18(22-15)14-10-6-8-12-17(14)26-4-2/h5-12,15H,3-4H2,1-2H3. The van der Waals surface area contributed by atoms with Gasteiger partial charge in [0.2, 0.25) is 5.28 Å². The number of hydrogen-bond donors (Lipinski definition) is 0. The smallest absolute Gasteiger partial charge is 0.229 e. The van der Waals surface area contributed by atoms with Crippen LogP contribution in [0.1, 0.15) is 43.3 Å². The normalized spacial score (nSPS) is 15.8. The van der Waals surface area contributed by atoms with Crippen LogP contribution in [0.3, 0.4) is 0 Å². The summed E-state index contributed by atoms with van der Waals surface area (Å²) in [7, 11) is 0. The van der Waals surface area contributed by atoms with E-state index in [1.807, 2.05) is 28.5 Å². The third-order valence-electron chi connectivity index (χ3n) is 4.46. The highest BCUT2D eigenvalue weighted by Gasteiger charge is 2.28. The summed E-state index contributed by atoms with van der Waals surface area (Å²) in [6.07, 6.45) is 0.829. The third kappa shape index (κ3) is 2.85. The van der Waals surface area contributed by atoms with Gasteiger partial charge in [-0.05, 0) is 35.9 Å². The second-order valence-electron chi connectivity index (χ2n) is 6.01. The van der Waals surface area contributed by atoms with Gasteiger partial charge >= 0.3 is 0 Å². The number of aliphatic imine (C=N–C) groups is 1. The molecule has 1 unspecified atom stereocenters. The number of halogens is 1. The molecule has 1 atom stereocenters. The molecule has 0 radical (unpaired) electrons. The van der Waals surface area contributed by atoms with Crippen LogP contribution in [0.15, 0.2) is 58.4 Å². The summed E-state index contributed by atoms with van der Waals surface area (Å²) >= 11 is 8.22. The third-order valence-corrected chi connectivity index (χ3v) is 5.66. The summed E-state index contributed by atoms with van der Waals surface area (Å²) < 4.78 is 1.93. The van der Waals surface area contributed by atoms with Crippen LogP contribution in [0.5, 0.6) is 0 Å². The van der Waals surface area contributed by atoms with E-state index < -0.39 is 0 Å². The first kappa shape index (κ1) is 17.3. The Balaban J connectivity index is 2.01. The van der Waals surface area contributed by atoms with Crippen LogP contribution in [-0.4, -0.2) is 26.2 Å². The number of fused-ring (bicyclic) bond motifs is 3. The van der Waals surface area contributed by atoms with Crippen molar-refractivity contribution in [1.29, 1.82) is 0 Å². The first-order valence-electron chi connectivity index (χ1n) is 8.75. The SMILES string of the molecule is CCSc1ccccc1C1=NC(CC)c2nnc(Cl)n2-c2ccccc21. The highest BCUT2D eigenvalue weighted by Crippen LogP contribution is 2.35. The maximum Gasteiger partial charge on any atom is 0.229 e.